The minimum Gasteiger partial charge on any atom is -0.326 e. The van der Waals surface area contributed by atoms with Crippen molar-refractivity contribution in [1.29, 1.82) is 0 Å². The topological polar surface area (TPSA) is 124 Å². The Labute approximate surface area is 82.9 Å². The van der Waals surface area contributed by atoms with Crippen LogP contribution in [-0.2, 0) is 13.7 Å². The van der Waals surface area contributed by atoms with Crippen LogP contribution in [0.5, 0.6) is 0 Å². The lowest BCUT2D eigenvalue weighted by Crippen LogP contribution is -1.91. The lowest BCUT2D eigenvalue weighted by molar-refractivity contribution is 0.193. The highest BCUT2D eigenvalue weighted by atomic mass is 31.2. The average molecular weight is 250 g/mol. The minimum absolute atomic E-state index is 0.151. The fourth-order valence-corrected chi connectivity index (χ4v) is 0.902. The van der Waals surface area contributed by atoms with Crippen molar-refractivity contribution in [1.82, 2.24) is 0 Å². The van der Waals surface area contributed by atoms with Crippen molar-refractivity contribution in [2.24, 2.45) is 0 Å². The molecule has 0 aromatic heterocycles. The lowest BCUT2D eigenvalue weighted by Gasteiger charge is -2.02. The average Bonchev–Trinajstić information content (AvgIpc) is 1.95. The normalized spacial score (nSPS) is 11.0. The summed E-state index contributed by atoms with van der Waals surface area (Å²) in [7, 11) is -7.34. The summed E-state index contributed by atoms with van der Waals surface area (Å²) < 4.78 is 23.0. The van der Waals surface area contributed by atoms with Crippen LogP contribution in [-0.4, -0.2) is 26.2 Å². The van der Waals surface area contributed by atoms with E-state index in [1.165, 1.54) is 0 Å². The lowest BCUT2D eigenvalue weighted by atomic mass is 10.3. The fraction of sp³-hybridized carbons (Fsp3) is 1.00. The van der Waals surface area contributed by atoms with Crippen LogP contribution in [0.15, 0.2) is 0 Å². The first kappa shape index (κ1) is 16.7. The molecule has 0 aliphatic heterocycles. The molecular weight excluding hydrogens is 234 g/mol. The van der Waals surface area contributed by atoms with Gasteiger partial charge in [0.1, 0.15) is 0 Å². The third-order valence-electron chi connectivity index (χ3n) is 1.01. The van der Waals surface area contributed by atoms with Crippen LogP contribution < -0.4 is 0 Å². The third-order valence-corrected chi connectivity index (χ3v) is 1.53. The second kappa shape index (κ2) is 9.80. The van der Waals surface area contributed by atoms with Gasteiger partial charge < -0.3 is 19.6 Å². The second-order valence-corrected chi connectivity index (χ2v) is 4.12. The molecular formula is C5H16O7P2. The van der Waals surface area contributed by atoms with Crippen LogP contribution in [0.3, 0.4) is 0 Å². The van der Waals surface area contributed by atoms with Crippen molar-refractivity contribution in [2.45, 2.75) is 26.2 Å². The van der Waals surface area contributed by atoms with Gasteiger partial charge in [-0.1, -0.05) is 19.8 Å². The van der Waals surface area contributed by atoms with E-state index in [2.05, 4.69) is 4.52 Å². The quantitative estimate of drug-likeness (QED) is 0.417. The van der Waals surface area contributed by atoms with Crippen molar-refractivity contribution in [2.75, 3.05) is 6.61 Å². The van der Waals surface area contributed by atoms with Gasteiger partial charge in [0.25, 0.3) is 0 Å². The van der Waals surface area contributed by atoms with Gasteiger partial charge in [0, 0.05) is 0 Å². The van der Waals surface area contributed by atoms with Crippen LogP contribution in [0.4, 0.5) is 0 Å². The summed E-state index contributed by atoms with van der Waals surface area (Å²) in [5.74, 6) is 0. The molecule has 0 aliphatic rings. The van der Waals surface area contributed by atoms with Crippen molar-refractivity contribution in [3.63, 3.8) is 0 Å². The largest absolute Gasteiger partial charge is 0.469 e. The highest BCUT2D eigenvalue weighted by Crippen LogP contribution is 2.35. The van der Waals surface area contributed by atoms with E-state index in [9.17, 15) is 4.57 Å². The summed E-state index contributed by atoms with van der Waals surface area (Å²) in [6, 6.07) is 0. The molecule has 0 spiro atoms. The Morgan fingerprint density at radius 3 is 2.00 bits per heavy atom. The Bertz CT molecular complexity index is 185. The third kappa shape index (κ3) is 29.5. The number of unbranched alkanes of at least 4 members (excludes halogenated alkanes) is 2. The molecule has 4 N–H and O–H groups in total. The Balaban J connectivity index is 0. The van der Waals surface area contributed by atoms with E-state index in [0.717, 1.165) is 12.8 Å². The van der Waals surface area contributed by atoms with E-state index >= 15 is 0 Å². The zero-order valence-corrected chi connectivity index (χ0v) is 9.68. The first-order chi connectivity index (χ1) is 6.29. The first-order valence-electron chi connectivity index (χ1n) is 3.91. The van der Waals surface area contributed by atoms with E-state index in [1.54, 1.807) is 0 Å². The molecule has 0 atom stereocenters. The maximum atomic E-state index is 10.1. The molecule has 88 valence electrons. The minimum atomic E-state index is -4.21. The molecule has 14 heavy (non-hydrogen) atoms. The highest BCUT2D eigenvalue weighted by Gasteiger charge is 2.11. The van der Waals surface area contributed by atoms with Gasteiger partial charge in [-0.25, -0.2) is 4.57 Å². The Kier molecular flexibility index (Phi) is 11.7. The SMILES string of the molecule is CCCCCOP(=O)(O)O.O=[PH](O)O. The number of phosphoric ester groups is 1. The van der Waals surface area contributed by atoms with E-state index in [4.69, 9.17) is 24.1 Å². The molecule has 0 aliphatic carbocycles. The van der Waals surface area contributed by atoms with Crippen LogP contribution in [0.2, 0.25) is 0 Å². The fourth-order valence-electron chi connectivity index (χ4n) is 0.536. The number of rotatable bonds is 5. The predicted molar refractivity (Wildman–Crippen MR) is 51.0 cm³/mol. The van der Waals surface area contributed by atoms with Crippen LogP contribution in [0.25, 0.3) is 0 Å². The zero-order valence-electron chi connectivity index (χ0n) is 7.79. The van der Waals surface area contributed by atoms with Crippen LogP contribution >= 0.6 is 16.1 Å². The molecule has 0 heterocycles. The van der Waals surface area contributed by atoms with Crippen molar-refractivity contribution >= 4 is 16.1 Å². The Hall–Kier alpha value is 0.260. The number of phosphoric acid groups is 1. The second-order valence-electron chi connectivity index (χ2n) is 2.31. The van der Waals surface area contributed by atoms with Crippen LogP contribution in [0, 0.1) is 0 Å². The molecule has 0 fully saturated rings. The van der Waals surface area contributed by atoms with Gasteiger partial charge >= 0.3 is 16.1 Å². The molecule has 0 amide bonds. The molecule has 0 aromatic rings. The zero-order chi connectivity index (χ0) is 11.6. The number of hydrogen-bond acceptors (Lipinski definition) is 3. The Morgan fingerprint density at radius 2 is 1.71 bits per heavy atom. The molecule has 0 saturated heterocycles. The first-order valence-corrected chi connectivity index (χ1v) is 6.75. The molecule has 0 aromatic carbocycles. The van der Waals surface area contributed by atoms with Gasteiger partial charge in [-0.05, 0) is 6.42 Å². The molecule has 0 bridgehead atoms. The van der Waals surface area contributed by atoms with E-state index < -0.39 is 16.1 Å². The standard InChI is InChI=1S/C5H13O4P.H3O3P/c1-2-3-4-5-9-10(6,7)8;1-4(2)3/h2-5H2,1H3,(H2,6,7,8);4H,(H2,1,2,3). The van der Waals surface area contributed by atoms with Crippen molar-refractivity contribution in [3.8, 4) is 0 Å². The van der Waals surface area contributed by atoms with Gasteiger partial charge in [0.15, 0.2) is 0 Å². The molecule has 9 heteroatoms. The summed E-state index contributed by atoms with van der Waals surface area (Å²) in [6.07, 6.45) is 2.67. The summed E-state index contributed by atoms with van der Waals surface area (Å²) >= 11 is 0. The molecule has 0 radical (unpaired) electrons. The van der Waals surface area contributed by atoms with Gasteiger partial charge in [0.2, 0.25) is 0 Å². The molecule has 0 unspecified atom stereocenters. The molecule has 0 rings (SSSR count). The van der Waals surface area contributed by atoms with Crippen molar-refractivity contribution < 1.29 is 33.2 Å². The van der Waals surface area contributed by atoms with Gasteiger partial charge in [0.05, 0.1) is 6.61 Å². The van der Waals surface area contributed by atoms with Gasteiger partial charge in [-0.3, -0.25) is 9.09 Å². The summed E-state index contributed by atoms with van der Waals surface area (Å²) in [5.41, 5.74) is 0. The summed E-state index contributed by atoms with van der Waals surface area (Å²) in [6.45, 7) is 2.16. The van der Waals surface area contributed by atoms with E-state index in [0.29, 0.717) is 6.42 Å². The summed E-state index contributed by atoms with van der Waals surface area (Å²) in [4.78, 5) is 30.7. The maximum Gasteiger partial charge on any atom is 0.469 e. The van der Waals surface area contributed by atoms with Crippen LogP contribution in [0.1, 0.15) is 26.2 Å². The monoisotopic (exact) mass is 250 g/mol. The van der Waals surface area contributed by atoms with E-state index in [1.807, 2.05) is 6.92 Å². The Morgan fingerprint density at radius 1 is 1.29 bits per heavy atom. The highest BCUT2D eigenvalue weighted by molar-refractivity contribution is 7.46. The number of hydrogen-bond donors (Lipinski definition) is 4. The van der Waals surface area contributed by atoms with E-state index in [-0.39, 0.29) is 6.61 Å². The summed E-state index contributed by atoms with van der Waals surface area (Å²) in [5, 5.41) is 0. The van der Waals surface area contributed by atoms with Gasteiger partial charge in [-0.2, -0.15) is 0 Å². The smallest absolute Gasteiger partial charge is 0.326 e. The maximum absolute atomic E-state index is 10.1. The van der Waals surface area contributed by atoms with Gasteiger partial charge in [-0.15, -0.1) is 0 Å². The van der Waals surface area contributed by atoms with Crippen molar-refractivity contribution in [3.05, 3.63) is 0 Å². The molecule has 0 saturated carbocycles. The predicted octanol–water partition coefficient (Wildman–Crippen LogP) is 0.647. The molecule has 7 nitrogen and oxygen atoms in total.